The van der Waals surface area contributed by atoms with Crippen LogP contribution in [0.4, 0.5) is 0 Å². The van der Waals surface area contributed by atoms with Crippen LogP contribution in [0.3, 0.4) is 0 Å². The van der Waals surface area contributed by atoms with Gasteiger partial charge in [0.2, 0.25) is 0 Å². The van der Waals surface area contributed by atoms with Gasteiger partial charge in [-0.15, -0.1) is 0 Å². The molecule has 108 valence electrons. The highest BCUT2D eigenvalue weighted by atomic mass is 79.9. The van der Waals surface area contributed by atoms with Crippen molar-refractivity contribution in [2.75, 3.05) is 0 Å². The Morgan fingerprint density at radius 1 is 0.842 bits per heavy atom. The van der Waals surface area contributed by atoms with Gasteiger partial charge >= 0.3 is 0 Å². The smallest absolute Gasteiger partial charge is 0.0210 e. The molecule has 1 heteroatoms. The maximum Gasteiger partial charge on any atom is 0.0210 e. The fourth-order valence-corrected chi connectivity index (χ4v) is 3.33. The summed E-state index contributed by atoms with van der Waals surface area (Å²) < 4.78 is 1.30. The monoisotopic (exact) mass is 324 g/mol. The first-order valence-corrected chi connectivity index (χ1v) is 8.83. The summed E-state index contributed by atoms with van der Waals surface area (Å²) in [5.74, 6) is 0.749. The molecule has 0 aliphatic carbocycles. The molecule has 0 aromatic heterocycles. The van der Waals surface area contributed by atoms with E-state index in [1.54, 1.807) is 0 Å². The van der Waals surface area contributed by atoms with E-state index in [1.807, 2.05) is 0 Å². The fraction of sp³-hybridized carbons (Fsp3) is 0.667. The van der Waals surface area contributed by atoms with E-state index in [9.17, 15) is 0 Å². The molecule has 0 saturated carbocycles. The van der Waals surface area contributed by atoms with Crippen molar-refractivity contribution >= 4 is 15.9 Å². The van der Waals surface area contributed by atoms with Gasteiger partial charge in [-0.2, -0.15) is 0 Å². The average Bonchev–Trinajstić information content (AvgIpc) is 2.42. The van der Waals surface area contributed by atoms with E-state index in [0.717, 1.165) is 5.92 Å². The molecule has 0 fully saturated rings. The summed E-state index contributed by atoms with van der Waals surface area (Å²) in [6, 6.07) is 8.79. The second-order valence-electron chi connectivity index (χ2n) is 5.56. The Labute approximate surface area is 128 Å². The van der Waals surface area contributed by atoms with Gasteiger partial charge < -0.3 is 0 Å². The minimum absolute atomic E-state index is 0.749. The zero-order valence-corrected chi connectivity index (χ0v) is 14.2. The predicted molar refractivity (Wildman–Crippen MR) is 89.8 cm³/mol. The lowest BCUT2D eigenvalue weighted by Gasteiger charge is -2.19. The minimum atomic E-state index is 0.749. The Kier molecular flexibility index (Phi) is 9.24. The molecule has 0 bridgehead atoms. The van der Waals surface area contributed by atoms with Gasteiger partial charge in [-0.3, -0.25) is 0 Å². The van der Waals surface area contributed by atoms with Crippen LogP contribution in [0.2, 0.25) is 0 Å². The molecule has 1 unspecified atom stereocenters. The third-order valence-corrected chi connectivity index (χ3v) is 4.63. The summed E-state index contributed by atoms with van der Waals surface area (Å²) in [6.45, 7) is 4.57. The van der Waals surface area contributed by atoms with E-state index in [1.165, 1.54) is 67.8 Å². The van der Waals surface area contributed by atoms with Crippen LogP contribution in [0.15, 0.2) is 28.7 Å². The number of rotatable bonds is 10. The van der Waals surface area contributed by atoms with Crippen LogP contribution in [0.25, 0.3) is 0 Å². The SMILES string of the molecule is CCCCCCC(CCCCC)c1ccccc1Br. The molecular formula is C18H29Br. The zero-order valence-electron chi connectivity index (χ0n) is 12.6. The number of benzene rings is 1. The maximum atomic E-state index is 3.73. The normalized spacial score (nSPS) is 12.6. The van der Waals surface area contributed by atoms with E-state index in [2.05, 4.69) is 54.0 Å². The molecule has 0 amide bonds. The zero-order chi connectivity index (χ0) is 13.9. The lowest BCUT2D eigenvalue weighted by atomic mass is 9.88. The Balaban J connectivity index is 2.55. The number of hydrogen-bond acceptors (Lipinski definition) is 0. The topological polar surface area (TPSA) is 0 Å². The van der Waals surface area contributed by atoms with Crippen molar-refractivity contribution in [3.63, 3.8) is 0 Å². The van der Waals surface area contributed by atoms with Gasteiger partial charge in [-0.05, 0) is 30.4 Å². The van der Waals surface area contributed by atoms with Gasteiger partial charge in [-0.1, -0.05) is 92.9 Å². The van der Waals surface area contributed by atoms with Gasteiger partial charge in [0.1, 0.15) is 0 Å². The number of halogens is 1. The first kappa shape index (κ1) is 16.8. The van der Waals surface area contributed by atoms with Gasteiger partial charge in [0.05, 0.1) is 0 Å². The second kappa shape index (κ2) is 10.5. The molecule has 0 N–H and O–H groups in total. The molecule has 19 heavy (non-hydrogen) atoms. The molecule has 1 aromatic carbocycles. The minimum Gasteiger partial charge on any atom is -0.0654 e. The largest absolute Gasteiger partial charge is 0.0654 e. The van der Waals surface area contributed by atoms with Crippen molar-refractivity contribution in [2.45, 2.75) is 77.6 Å². The molecule has 0 saturated heterocycles. The average molecular weight is 325 g/mol. The van der Waals surface area contributed by atoms with Crippen LogP contribution < -0.4 is 0 Å². The van der Waals surface area contributed by atoms with E-state index < -0.39 is 0 Å². The first-order chi connectivity index (χ1) is 9.29. The predicted octanol–water partition coefficient (Wildman–Crippen LogP) is 7.08. The third-order valence-electron chi connectivity index (χ3n) is 3.91. The summed E-state index contributed by atoms with van der Waals surface area (Å²) >= 11 is 3.73. The van der Waals surface area contributed by atoms with Crippen molar-refractivity contribution in [3.05, 3.63) is 34.3 Å². The van der Waals surface area contributed by atoms with E-state index in [0.29, 0.717) is 0 Å². The van der Waals surface area contributed by atoms with Crippen molar-refractivity contribution < 1.29 is 0 Å². The van der Waals surface area contributed by atoms with Crippen LogP contribution in [0, 0.1) is 0 Å². The molecule has 1 rings (SSSR count). The van der Waals surface area contributed by atoms with Crippen molar-refractivity contribution in [1.82, 2.24) is 0 Å². The Morgan fingerprint density at radius 2 is 1.42 bits per heavy atom. The molecule has 1 atom stereocenters. The van der Waals surface area contributed by atoms with E-state index in [4.69, 9.17) is 0 Å². The lowest BCUT2D eigenvalue weighted by Crippen LogP contribution is -2.00. The van der Waals surface area contributed by atoms with E-state index in [-0.39, 0.29) is 0 Å². The third kappa shape index (κ3) is 6.61. The Hall–Kier alpha value is -0.300. The lowest BCUT2D eigenvalue weighted by molar-refractivity contribution is 0.500. The summed E-state index contributed by atoms with van der Waals surface area (Å²) in [5.41, 5.74) is 1.52. The molecule has 0 aliphatic rings. The summed E-state index contributed by atoms with van der Waals surface area (Å²) in [5, 5.41) is 0. The molecule has 1 aromatic rings. The van der Waals surface area contributed by atoms with Crippen LogP contribution in [-0.2, 0) is 0 Å². The molecule has 0 heterocycles. The Morgan fingerprint density at radius 3 is 2.05 bits per heavy atom. The van der Waals surface area contributed by atoms with Crippen LogP contribution in [0.1, 0.15) is 83.1 Å². The molecule has 0 aliphatic heterocycles. The highest BCUT2D eigenvalue weighted by Crippen LogP contribution is 2.33. The Bertz CT molecular complexity index is 332. The van der Waals surface area contributed by atoms with Crippen LogP contribution in [-0.4, -0.2) is 0 Å². The molecule has 0 radical (unpaired) electrons. The van der Waals surface area contributed by atoms with Crippen molar-refractivity contribution in [2.24, 2.45) is 0 Å². The fourth-order valence-electron chi connectivity index (χ4n) is 2.72. The van der Waals surface area contributed by atoms with Crippen LogP contribution in [0.5, 0.6) is 0 Å². The standard InChI is InChI=1S/C18H29Br/c1-3-5-7-9-13-16(12-8-6-4-2)17-14-10-11-15-18(17)19/h10-11,14-16H,3-9,12-13H2,1-2H3. The molecular weight excluding hydrogens is 296 g/mol. The van der Waals surface area contributed by atoms with Crippen LogP contribution >= 0.6 is 15.9 Å². The highest BCUT2D eigenvalue weighted by molar-refractivity contribution is 9.10. The van der Waals surface area contributed by atoms with Gasteiger partial charge in [0, 0.05) is 4.47 Å². The summed E-state index contributed by atoms with van der Waals surface area (Å²) in [7, 11) is 0. The first-order valence-electron chi connectivity index (χ1n) is 8.04. The van der Waals surface area contributed by atoms with Crippen molar-refractivity contribution in [3.8, 4) is 0 Å². The van der Waals surface area contributed by atoms with Gasteiger partial charge in [0.25, 0.3) is 0 Å². The molecule has 0 nitrogen and oxygen atoms in total. The van der Waals surface area contributed by atoms with Crippen molar-refractivity contribution in [1.29, 1.82) is 0 Å². The van der Waals surface area contributed by atoms with Gasteiger partial charge in [0.15, 0.2) is 0 Å². The maximum absolute atomic E-state index is 3.73. The van der Waals surface area contributed by atoms with E-state index >= 15 is 0 Å². The molecule has 0 spiro atoms. The highest BCUT2D eigenvalue weighted by Gasteiger charge is 2.13. The van der Waals surface area contributed by atoms with Gasteiger partial charge in [-0.25, -0.2) is 0 Å². The summed E-state index contributed by atoms with van der Waals surface area (Å²) in [4.78, 5) is 0. The second-order valence-corrected chi connectivity index (χ2v) is 6.42. The number of unbranched alkanes of at least 4 members (excludes halogenated alkanes) is 5. The number of hydrogen-bond donors (Lipinski definition) is 0. The summed E-state index contributed by atoms with van der Waals surface area (Å²) in [6.07, 6.45) is 12.3. The quantitative estimate of drug-likeness (QED) is 0.403.